The van der Waals surface area contributed by atoms with Crippen LogP contribution in [0.5, 0.6) is 0 Å². The van der Waals surface area contributed by atoms with Crippen LogP contribution in [0, 0.1) is 13.8 Å². The fraction of sp³-hybridized carbons (Fsp3) is 0.474. The second-order valence-corrected chi connectivity index (χ2v) is 9.44. The molecule has 2 aromatic rings. The third kappa shape index (κ3) is 7.39. The van der Waals surface area contributed by atoms with Gasteiger partial charge in [-0.05, 0) is 31.5 Å². The predicted molar refractivity (Wildman–Crippen MR) is 117 cm³/mol. The number of nitrogens with one attached hydrogen (secondary N) is 3. The van der Waals surface area contributed by atoms with Crippen LogP contribution in [0.4, 0.5) is 0 Å². The molecule has 1 heterocycles. The maximum absolute atomic E-state index is 12.3. The number of thiazole rings is 1. The van der Waals surface area contributed by atoms with Gasteiger partial charge in [0.25, 0.3) is 0 Å². The van der Waals surface area contributed by atoms with Gasteiger partial charge in [0.15, 0.2) is 5.96 Å². The standard InChI is InChI=1S/C19H29N5O3S2/c1-14-15(2)28-18(24-14)8-9-21-19(20-3)22-13-16-6-5-7-17(12-16)29(25,26)23-10-11-27-4/h5-7,12,23H,8-11,13H2,1-4H3,(H2,20,21,22). The molecular formula is C19H29N5O3S2. The second-order valence-electron chi connectivity index (χ2n) is 6.39. The number of aromatic nitrogens is 1. The molecule has 0 saturated heterocycles. The molecule has 0 aliphatic rings. The zero-order chi connectivity index (χ0) is 21.3. The number of nitrogens with zero attached hydrogens (tertiary/aromatic N) is 2. The molecule has 0 saturated carbocycles. The van der Waals surface area contributed by atoms with Crippen LogP contribution < -0.4 is 15.4 Å². The van der Waals surface area contributed by atoms with Gasteiger partial charge in [-0.3, -0.25) is 4.99 Å². The minimum absolute atomic E-state index is 0.227. The highest BCUT2D eigenvalue weighted by molar-refractivity contribution is 7.89. The fourth-order valence-corrected chi connectivity index (χ4v) is 4.54. The first-order valence-corrected chi connectivity index (χ1v) is 11.6. The number of sulfonamides is 1. The summed E-state index contributed by atoms with van der Waals surface area (Å²) in [5, 5.41) is 7.56. The first kappa shape index (κ1) is 23.3. The van der Waals surface area contributed by atoms with Gasteiger partial charge < -0.3 is 15.4 Å². The van der Waals surface area contributed by atoms with Crippen molar-refractivity contribution in [3.05, 3.63) is 45.4 Å². The van der Waals surface area contributed by atoms with E-state index in [0.29, 0.717) is 25.7 Å². The van der Waals surface area contributed by atoms with Crippen LogP contribution in [0.15, 0.2) is 34.2 Å². The molecule has 1 aromatic carbocycles. The average molecular weight is 440 g/mol. The first-order chi connectivity index (χ1) is 13.9. The Morgan fingerprint density at radius 1 is 1.24 bits per heavy atom. The van der Waals surface area contributed by atoms with Gasteiger partial charge in [0.2, 0.25) is 10.0 Å². The summed E-state index contributed by atoms with van der Waals surface area (Å²) in [5.41, 5.74) is 1.92. The SMILES string of the molecule is CN=C(NCCc1nc(C)c(C)s1)NCc1cccc(S(=O)(=O)NCCOC)c1. The van der Waals surface area contributed by atoms with E-state index < -0.39 is 10.0 Å². The van der Waals surface area contributed by atoms with E-state index in [1.165, 1.54) is 12.0 Å². The van der Waals surface area contributed by atoms with Gasteiger partial charge in [-0.1, -0.05) is 12.1 Å². The lowest BCUT2D eigenvalue weighted by atomic mass is 10.2. The Morgan fingerprint density at radius 3 is 2.69 bits per heavy atom. The van der Waals surface area contributed by atoms with Crippen LogP contribution in [-0.4, -0.2) is 53.2 Å². The van der Waals surface area contributed by atoms with Crippen molar-refractivity contribution in [3.8, 4) is 0 Å². The van der Waals surface area contributed by atoms with Gasteiger partial charge in [-0.25, -0.2) is 18.1 Å². The molecule has 0 spiro atoms. The lowest BCUT2D eigenvalue weighted by Gasteiger charge is -2.12. The summed E-state index contributed by atoms with van der Waals surface area (Å²) >= 11 is 1.71. The van der Waals surface area contributed by atoms with Crippen LogP contribution in [0.2, 0.25) is 0 Å². The fourth-order valence-electron chi connectivity index (χ4n) is 2.52. The highest BCUT2D eigenvalue weighted by Crippen LogP contribution is 2.16. The molecule has 0 bridgehead atoms. The zero-order valence-corrected chi connectivity index (χ0v) is 18.9. The summed E-state index contributed by atoms with van der Waals surface area (Å²) in [5.74, 6) is 0.654. The largest absolute Gasteiger partial charge is 0.383 e. The molecule has 3 N–H and O–H groups in total. The van der Waals surface area contributed by atoms with Crippen molar-refractivity contribution in [2.24, 2.45) is 4.99 Å². The summed E-state index contributed by atoms with van der Waals surface area (Å²) in [7, 11) is -0.325. The molecule has 0 aliphatic carbocycles. The van der Waals surface area contributed by atoms with E-state index in [2.05, 4.69) is 32.3 Å². The predicted octanol–water partition coefficient (Wildman–Crippen LogP) is 1.59. The molecule has 0 aliphatic heterocycles. The first-order valence-electron chi connectivity index (χ1n) is 9.30. The smallest absolute Gasteiger partial charge is 0.240 e. The lowest BCUT2D eigenvalue weighted by Crippen LogP contribution is -2.37. The van der Waals surface area contributed by atoms with E-state index in [-0.39, 0.29) is 11.4 Å². The summed E-state index contributed by atoms with van der Waals surface area (Å²) in [6.07, 6.45) is 0.820. The van der Waals surface area contributed by atoms with Crippen molar-refractivity contribution in [1.29, 1.82) is 0 Å². The number of aryl methyl sites for hydroxylation is 2. The molecule has 2 rings (SSSR count). The zero-order valence-electron chi connectivity index (χ0n) is 17.3. The number of ether oxygens (including phenoxy) is 1. The van der Waals surface area contributed by atoms with Gasteiger partial charge in [-0.15, -0.1) is 11.3 Å². The number of guanidine groups is 1. The van der Waals surface area contributed by atoms with Gasteiger partial charge in [0.1, 0.15) is 0 Å². The number of benzene rings is 1. The Bertz CT molecular complexity index is 906. The Balaban J connectivity index is 1.87. The normalized spacial score (nSPS) is 12.2. The summed E-state index contributed by atoms with van der Waals surface area (Å²) < 4.78 is 32.0. The molecule has 0 atom stereocenters. The third-order valence-electron chi connectivity index (χ3n) is 4.19. The van der Waals surface area contributed by atoms with E-state index in [9.17, 15) is 8.42 Å². The molecule has 160 valence electrons. The maximum atomic E-state index is 12.3. The maximum Gasteiger partial charge on any atom is 0.240 e. The molecular weight excluding hydrogens is 410 g/mol. The summed E-state index contributed by atoms with van der Waals surface area (Å²) in [6, 6.07) is 6.82. The number of hydrogen-bond acceptors (Lipinski definition) is 6. The van der Waals surface area contributed by atoms with E-state index in [0.717, 1.165) is 22.7 Å². The van der Waals surface area contributed by atoms with Crippen molar-refractivity contribution < 1.29 is 13.2 Å². The Hall–Kier alpha value is -2.01. The van der Waals surface area contributed by atoms with Gasteiger partial charge in [-0.2, -0.15) is 0 Å². The Kier molecular flexibility index (Phi) is 9.02. The van der Waals surface area contributed by atoms with E-state index >= 15 is 0 Å². The number of methoxy groups -OCH3 is 1. The Labute approximate surface area is 176 Å². The monoisotopic (exact) mass is 439 g/mol. The van der Waals surface area contributed by atoms with Crippen LogP contribution >= 0.6 is 11.3 Å². The molecule has 8 nitrogen and oxygen atoms in total. The van der Waals surface area contributed by atoms with Crippen LogP contribution in [0.3, 0.4) is 0 Å². The van der Waals surface area contributed by atoms with Gasteiger partial charge >= 0.3 is 0 Å². The molecule has 1 aromatic heterocycles. The Morgan fingerprint density at radius 2 is 2.03 bits per heavy atom. The number of hydrogen-bond donors (Lipinski definition) is 3. The number of aliphatic imine (C=N–C) groups is 1. The summed E-state index contributed by atoms with van der Waals surface area (Å²) in [4.78, 5) is 10.2. The van der Waals surface area contributed by atoms with E-state index in [1.807, 2.05) is 13.0 Å². The second kappa shape index (κ2) is 11.2. The lowest BCUT2D eigenvalue weighted by molar-refractivity contribution is 0.204. The van der Waals surface area contributed by atoms with E-state index in [4.69, 9.17) is 4.74 Å². The van der Waals surface area contributed by atoms with Crippen molar-refractivity contribution in [3.63, 3.8) is 0 Å². The third-order valence-corrected chi connectivity index (χ3v) is 6.79. The van der Waals surface area contributed by atoms with Crippen LogP contribution in [0.25, 0.3) is 0 Å². The highest BCUT2D eigenvalue weighted by atomic mass is 32.2. The molecule has 0 amide bonds. The van der Waals surface area contributed by atoms with Crippen molar-refractivity contribution in [2.75, 3.05) is 33.9 Å². The summed E-state index contributed by atoms with van der Waals surface area (Å²) in [6.45, 7) is 5.82. The number of rotatable bonds is 10. The molecule has 0 unspecified atom stereocenters. The minimum atomic E-state index is -3.55. The molecule has 10 heteroatoms. The van der Waals surface area contributed by atoms with E-state index in [1.54, 1.807) is 36.6 Å². The quantitative estimate of drug-likeness (QED) is 0.295. The average Bonchev–Trinajstić information content (AvgIpc) is 3.02. The van der Waals surface area contributed by atoms with Crippen molar-refractivity contribution in [1.82, 2.24) is 20.3 Å². The topological polar surface area (TPSA) is 105 Å². The van der Waals surface area contributed by atoms with Crippen LogP contribution in [0.1, 0.15) is 21.1 Å². The van der Waals surface area contributed by atoms with Crippen LogP contribution in [-0.2, 0) is 27.7 Å². The van der Waals surface area contributed by atoms with Gasteiger partial charge in [0.05, 0.1) is 22.2 Å². The van der Waals surface area contributed by atoms with Crippen molar-refractivity contribution in [2.45, 2.75) is 31.7 Å². The minimum Gasteiger partial charge on any atom is -0.383 e. The highest BCUT2D eigenvalue weighted by Gasteiger charge is 2.13. The van der Waals surface area contributed by atoms with Gasteiger partial charge in [0, 0.05) is 45.1 Å². The molecule has 0 radical (unpaired) electrons. The molecule has 0 fully saturated rings. The van der Waals surface area contributed by atoms with Crippen molar-refractivity contribution >= 4 is 27.3 Å². The molecule has 29 heavy (non-hydrogen) atoms.